The second-order valence-corrected chi connectivity index (χ2v) is 7.18. The zero-order chi connectivity index (χ0) is 19.3. The van der Waals surface area contributed by atoms with Gasteiger partial charge in [0.2, 0.25) is 0 Å². The number of benzene rings is 2. The molecule has 0 radical (unpaired) electrons. The molecule has 1 N–H and O–H groups in total. The third-order valence-corrected chi connectivity index (χ3v) is 5.31. The van der Waals surface area contributed by atoms with Gasteiger partial charge < -0.3 is 9.88 Å². The number of nitrogens with zero attached hydrogens (tertiary/aromatic N) is 2. The van der Waals surface area contributed by atoms with Crippen LogP contribution in [-0.2, 0) is 6.42 Å². The normalized spacial score (nSPS) is 15.0. The first-order chi connectivity index (χ1) is 13.7. The average Bonchev–Trinajstić information content (AvgIpc) is 3.24. The highest BCUT2D eigenvalue weighted by atomic mass is 19.1. The molecule has 144 valence electrons. The molecule has 4 rings (SSSR count). The van der Waals surface area contributed by atoms with Gasteiger partial charge in [0, 0.05) is 38.9 Å². The van der Waals surface area contributed by atoms with Gasteiger partial charge in [-0.25, -0.2) is 4.39 Å². The van der Waals surface area contributed by atoms with Crippen molar-refractivity contribution in [2.75, 3.05) is 32.7 Å². The molecule has 0 saturated carbocycles. The van der Waals surface area contributed by atoms with Crippen LogP contribution in [0.5, 0.6) is 0 Å². The third-order valence-electron chi connectivity index (χ3n) is 5.31. The van der Waals surface area contributed by atoms with Crippen LogP contribution >= 0.6 is 0 Å². The number of rotatable bonds is 5. The molecule has 1 aliphatic rings. The van der Waals surface area contributed by atoms with Gasteiger partial charge in [-0.15, -0.1) is 0 Å². The van der Waals surface area contributed by atoms with E-state index in [1.807, 2.05) is 17.0 Å². The van der Waals surface area contributed by atoms with Crippen molar-refractivity contribution in [2.24, 2.45) is 0 Å². The largest absolute Gasteiger partial charge is 0.357 e. The number of amides is 1. The summed E-state index contributed by atoms with van der Waals surface area (Å²) in [6.07, 6.45) is 2.84. The topological polar surface area (TPSA) is 39.3 Å². The number of carbonyl (C=O) groups is 1. The van der Waals surface area contributed by atoms with Crippen LogP contribution in [-0.4, -0.2) is 53.4 Å². The molecule has 1 saturated heterocycles. The predicted octanol–water partition coefficient (Wildman–Crippen LogP) is 3.82. The zero-order valence-electron chi connectivity index (χ0n) is 15.8. The second kappa shape index (κ2) is 8.40. The number of aromatic nitrogens is 1. The molecule has 0 spiro atoms. The summed E-state index contributed by atoms with van der Waals surface area (Å²) in [5.74, 6) is -0.239. The Bertz CT molecular complexity index is 913. The van der Waals surface area contributed by atoms with Gasteiger partial charge in [-0.1, -0.05) is 42.5 Å². The fourth-order valence-corrected chi connectivity index (χ4v) is 3.60. The van der Waals surface area contributed by atoms with Crippen molar-refractivity contribution in [3.8, 4) is 11.1 Å². The Morgan fingerprint density at radius 2 is 1.64 bits per heavy atom. The SMILES string of the molecule is O=C(c1cc(-c2ccc(F)cc2)c[nH]1)N1CCN(CCc2ccccc2)CC1. The number of halogens is 1. The summed E-state index contributed by atoms with van der Waals surface area (Å²) < 4.78 is 13.1. The first-order valence-electron chi connectivity index (χ1n) is 9.69. The van der Waals surface area contributed by atoms with Crippen LogP contribution in [0.15, 0.2) is 66.9 Å². The number of carbonyl (C=O) groups excluding carboxylic acids is 1. The summed E-state index contributed by atoms with van der Waals surface area (Å²) in [7, 11) is 0. The Hall–Kier alpha value is -2.92. The lowest BCUT2D eigenvalue weighted by molar-refractivity contribution is 0.0633. The molecular formula is C23H24FN3O. The molecule has 0 unspecified atom stereocenters. The van der Waals surface area contributed by atoms with Gasteiger partial charge in [0.15, 0.2) is 0 Å². The van der Waals surface area contributed by atoms with Crippen molar-refractivity contribution in [1.29, 1.82) is 0 Å². The molecule has 2 aromatic carbocycles. The van der Waals surface area contributed by atoms with E-state index >= 15 is 0 Å². The Morgan fingerprint density at radius 1 is 0.929 bits per heavy atom. The first-order valence-corrected chi connectivity index (χ1v) is 9.69. The van der Waals surface area contributed by atoms with E-state index < -0.39 is 0 Å². The second-order valence-electron chi connectivity index (χ2n) is 7.18. The lowest BCUT2D eigenvalue weighted by Gasteiger charge is -2.34. The van der Waals surface area contributed by atoms with Gasteiger partial charge in [0.25, 0.3) is 5.91 Å². The molecule has 1 amide bonds. The fourth-order valence-electron chi connectivity index (χ4n) is 3.60. The standard InChI is InChI=1S/C23H24FN3O/c24-21-8-6-19(7-9-21)20-16-22(25-17-20)23(28)27-14-12-26(13-15-27)11-10-18-4-2-1-3-5-18/h1-9,16-17,25H,10-15H2. The van der Waals surface area contributed by atoms with Gasteiger partial charge >= 0.3 is 0 Å². The van der Waals surface area contributed by atoms with Gasteiger partial charge in [0.05, 0.1) is 0 Å². The van der Waals surface area contributed by atoms with Gasteiger partial charge in [-0.2, -0.15) is 0 Å². The number of hydrogen-bond donors (Lipinski definition) is 1. The summed E-state index contributed by atoms with van der Waals surface area (Å²) in [5.41, 5.74) is 3.71. The molecule has 0 aliphatic carbocycles. The number of piperazine rings is 1. The molecule has 1 aliphatic heterocycles. The third kappa shape index (κ3) is 4.31. The quantitative estimate of drug-likeness (QED) is 0.734. The number of nitrogens with one attached hydrogen (secondary N) is 1. The van der Waals surface area contributed by atoms with E-state index in [1.165, 1.54) is 17.7 Å². The van der Waals surface area contributed by atoms with Crippen LogP contribution in [0.1, 0.15) is 16.1 Å². The molecule has 1 aromatic heterocycles. The van der Waals surface area contributed by atoms with Crippen LogP contribution in [0, 0.1) is 5.82 Å². The molecule has 2 heterocycles. The summed E-state index contributed by atoms with van der Waals surface area (Å²) >= 11 is 0. The maximum Gasteiger partial charge on any atom is 0.270 e. The summed E-state index contributed by atoms with van der Waals surface area (Å²) in [6.45, 7) is 4.27. The first kappa shape index (κ1) is 18.4. The summed E-state index contributed by atoms with van der Waals surface area (Å²) in [5, 5.41) is 0. The van der Waals surface area contributed by atoms with Gasteiger partial charge in [-0.05, 0) is 41.3 Å². The Morgan fingerprint density at radius 3 is 2.36 bits per heavy atom. The predicted molar refractivity (Wildman–Crippen MR) is 109 cm³/mol. The summed E-state index contributed by atoms with van der Waals surface area (Å²) in [4.78, 5) is 20.2. The van der Waals surface area contributed by atoms with Crippen molar-refractivity contribution in [2.45, 2.75) is 6.42 Å². The molecule has 0 atom stereocenters. The minimum Gasteiger partial charge on any atom is -0.357 e. The maximum absolute atomic E-state index is 13.1. The molecule has 3 aromatic rings. The van der Waals surface area contributed by atoms with E-state index in [-0.39, 0.29) is 11.7 Å². The van der Waals surface area contributed by atoms with E-state index in [0.717, 1.165) is 50.3 Å². The van der Waals surface area contributed by atoms with Crippen LogP contribution in [0.3, 0.4) is 0 Å². The Balaban J connectivity index is 1.31. The van der Waals surface area contributed by atoms with Crippen LogP contribution in [0.25, 0.3) is 11.1 Å². The number of hydrogen-bond acceptors (Lipinski definition) is 2. The minimum absolute atomic E-state index is 0.0241. The molecule has 5 heteroatoms. The lowest BCUT2D eigenvalue weighted by Crippen LogP contribution is -2.49. The number of H-pyrrole nitrogens is 1. The van der Waals surface area contributed by atoms with Crippen LogP contribution < -0.4 is 0 Å². The molecule has 28 heavy (non-hydrogen) atoms. The van der Waals surface area contributed by atoms with E-state index in [2.05, 4.69) is 34.1 Å². The van der Waals surface area contributed by atoms with E-state index in [0.29, 0.717) is 5.69 Å². The van der Waals surface area contributed by atoms with Gasteiger partial charge in [0.1, 0.15) is 11.5 Å². The van der Waals surface area contributed by atoms with E-state index in [9.17, 15) is 9.18 Å². The lowest BCUT2D eigenvalue weighted by atomic mass is 10.1. The van der Waals surface area contributed by atoms with E-state index in [1.54, 1.807) is 18.3 Å². The van der Waals surface area contributed by atoms with Crippen LogP contribution in [0.4, 0.5) is 4.39 Å². The van der Waals surface area contributed by atoms with Crippen molar-refractivity contribution >= 4 is 5.91 Å². The highest BCUT2D eigenvalue weighted by Crippen LogP contribution is 2.21. The molecule has 4 nitrogen and oxygen atoms in total. The Kier molecular flexibility index (Phi) is 5.53. The zero-order valence-corrected chi connectivity index (χ0v) is 15.8. The monoisotopic (exact) mass is 377 g/mol. The molecule has 0 bridgehead atoms. The Labute approximate surface area is 164 Å². The average molecular weight is 377 g/mol. The van der Waals surface area contributed by atoms with Gasteiger partial charge in [-0.3, -0.25) is 9.69 Å². The number of aromatic amines is 1. The van der Waals surface area contributed by atoms with Crippen molar-refractivity contribution in [3.05, 3.63) is 83.9 Å². The summed E-state index contributed by atoms with van der Waals surface area (Å²) in [6, 6.07) is 18.6. The van der Waals surface area contributed by atoms with Crippen molar-refractivity contribution in [3.63, 3.8) is 0 Å². The van der Waals surface area contributed by atoms with Crippen LogP contribution in [0.2, 0.25) is 0 Å². The highest BCUT2D eigenvalue weighted by Gasteiger charge is 2.23. The maximum atomic E-state index is 13.1. The minimum atomic E-state index is -0.263. The fraction of sp³-hybridized carbons (Fsp3) is 0.261. The van der Waals surface area contributed by atoms with Crippen molar-refractivity contribution in [1.82, 2.24) is 14.8 Å². The molecular weight excluding hydrogens is 353 g/mol. The smallest absolute Gasteiger partial charge is 0.270 e. The highest BCUT2D eigenvalue weighted by molar-refractivity contribution is 5.94. The van der Waals surface area contributed by atoms with Crippen molar-refractivity contribution < 1.29 is 9.18 Å². The van der Waals surface area contributed by atoms with E-state index in [4.69, 9.17) is 0 Å². The molecule has 1 fully saturated rings.